The summed E-state index contributed by atoms with van der Waals surface area (Å²) in [6.07, 6.45) is 0. The molecule has 72 valence electrons. The molecule has 0 radical (unpaired) electrons. The predicted molar refractivity (Wildman–Crippen MR) is 59.1 cm³/mol. The molecule has 3 nitrogen and oxygen atoms in total. The molecule has 0 aliphatic heterocycles. The third kappa shape index (κ3) is 3.71. The Morgan fingerprint density at radius 2 is 1.77 bits per heavy atom. The van der Waals surface area contributed by atoms with E-state index in [1.165, 1.54) is 7.11 Å². The Kier molecular flexibility index (Phi) is 3.83. The normalized spacial score (nSPS) is 11.0. The second-order valence-electron chi connectivity index (χ2n) is 2.16. The number of hydrogen-bond donors (Lipinski definition) is 0. The van der Waals surface area contributed by atoms with Crippen molar-refractivity contribution in [1.29, 1.82) is 0 Å². The van der Waals surface area contributed by atoms with E-state index < -0.39 is 4.77 Å². The van der Waals surface area contributed by atoms with Crippen molar-refractivity contribution in [1.82, 2.24) is 0 Å². The van der Waals surface area contributed by atoms with Crippen LogP contribution in [-0.4, -0.2) is 7.11 Å². The SMILES string of the molecule is COc1ccccc1OP(=O)(Br)Br. The summed E-state index contributed by atoms with van der Waals surface area (Å²) < 4.78 is 18.4. The maximum atomic E-state index is 11.2. The van der Waals surface area contributed by atoms with Crippen LogP contribution < -0.4 is 9.26 Å². The van der Waals surface area contributed by atoms with Gasteiger partial charge >= 0.3 is 4.77 Å². The number of halogens is 2. The summed E-state index contributed by atoms with van der Waals surface area (Å²) in [7, 11) is 1.52. The van der Waals surface area contributed by atoms with E-state index in [-0.39, 0.29) is 0 Å². The van der Waals surface area contributed by atoms with Gasteiger partial charge in [-0.1, -0.05) is 12.1 Å². The number of benzene rings is 1. The Morgan fingerprint density at radius 1 is 1.23 bits per heavy atom. The summed E-state index contributed by atoms with van der Waals surface area (Å²) in [6, 6.07) is 6.98. The first-order valence-corrected chi connectivity index (χ1v) is 9.01. The highest BCUT2D eigenvalue weighted by atomic mass is 79.9. The molecule has 1 rings (SSSR count). The molecule has 0 spiro atoms. The van der Waals surface area contributed by atoms with E-state index >= 15 is 0 Å². The van der Waals surface area contributed by atoms with Gasteiger partial charge in [-0.15, -0.1) is 0 Å². The Morgan fingerprint density at radius 3 is 2.23 bits per heavy atom. The van der Waals surface area contributed by atoms with E-state index in [4.69, 9.17) is 9.26 Å². The molecule has 0 unspecified atom stereocenters. The molecule has 1 aromatic rings. The molecule has 6 heteroatoms. The summed E-state index contributed by atoms with van der Waals surface area (Å²) in [5.74, 6) is 0.976. The van der Waals surface area contributed by atoms with E-state index in [1.54, 1.807) is 24.3 Å². The number of para-hydroxylation sites is 2. The minimum absolute atomic E-state index is 0.432. The van der Waals surface area contributed by atoms with Gasteiger partial charge in [0.15, 0.2) is 11.5 Å². The molecule has 0 fully saturated rings. The summed E-state index contributed by atoms with van der Waals surface area (Å²) in [6.45, 7) is 0. The van der Waals surface area contributed by atoms with Crippen molar-refractivity contribution >= 4 is 35.8 Å². The van der Waals surface area contributed by atoms with E-state index in [0.29, 0.717) is 11.5 Å². The van der Waals surface area contributed by atoms with Crippen molar-refractivity contribution < 1.29 is 13.8 Å². The van der Waals surface area contributed by atoms with Crippen LogP contribution in [0.2, 0.25) is 0 Å². The van der Waals surface area contributed by atoms with Crippen LogP contribution in [-0.2, 0) is 4.57 Å². The lowest BCUT2D eigenvalue weighted by Gasteiger charge is -2.10. The lowest BCUT2D eigenvalue weighted by molar-refractivity contribution is 0.395. The van der Waals surface area contributed by atoms with Crippen molar-refractivity contribution in [2.45, 2.75) is 0 Å². The molecular formula is C7H7Br2O3P. The Bertz CT molecular complexity index is 336. The fraction of sp³-hybridized carbons (Fsp3) is 0.143. The van der Waals surface area contributed by atoms with E-state index in [1.807, 2.05) is 0 Å². The van der Waals surface area contributed by atoms with Crippen molar-refractivity contribution in [2.75, 3.05) is 7.11 Å². The predicted octanol–water partition coefficient (Wildman–Crippen LogP) is 3.97. The van der Waals surface area contributed by atoms with Crippen LogP contribution in [0.1, 0.15) is 0 Å². The zero-order valence-corrected chi connectivity index (χ0v) is 10.8. The first kappa shape index (κ1) is 11.1. The Balaban J connectivity index is 2.94. The van der Waals surface area contributed by atoms with Gasteiger partial charge in [0.25, 0.3) is 0 Å². The second-order valence-corrected chi connectivity index (χ2v) is 11.6. The molecule has 0 saturated carbocycles. The monoisotopic (exact) mass is 328 g/mol. The van der Waals surface area contributed by atoms with Gasteiger partial charge in [0.2, 0.25) is 0 Å². The molecule has 0 saturated heterocycles. The zero-order chi connectivity index (χ0) is 9.90. The van der Waals surface area contributed by atoms with Gasteiger partial charge in [0.1, 0.15) is 0 Å². The van der Waals surface area contributed by atoms with Gasteiger partial charge in [-0.3, -0.25) is 4.57 Å². The molecule has 13 heavy (non-hydrogen) atoms. The van der Waals surface area contributed by atoms with Crippen LogP contribution in [0.15, 0.2) is 24.3 Å². The largest absolute Gasteiger partial charge is 0.493 e. The second kappa shape index (κ2) is 4.49. The van der Waals surface area contributed by atoms with Gasteiger partial charge in [-0.25, -0.2) is 0 Å². The lowest BCUT2D eigenvalue weighted by Crippen LogP contribution is -1.87. The van der Waals surface area contributed by atoms with Crippen LogP contribution in [0, 0.1) is 0 Å². The molecule has 0 heterocycles. The Labute approximate surface area is 92.4 Å². The minimum Gasteiger partial charge on any atom is -0.493 e. The van der Waals surface area contributed by atoms with E-state index in [9.17, 15) is 4.57 Å². The van der Waals surface area contributed by atoms with Crippen LogP contribution in [0.5, 0.6) is 11.5 Å². The smallest absolute Gasteiger partial charge is 0.374 e. The highest BCUT2D eigenvalue weighted by Gasteiger charge is 2.16. The molecule has 0 aliphatic carbocycles. The van der Waals surface area contributed by atoms with E-state index in [2.05, 4.69) is 31.0 Å². The quantitative estimate of drug-likeness (QED) is 0.787. The number of hydrogen-bond acceptors (Lipinski definition) is 3. The molecule has 0 amide bonds. The van der Waals surface area contributed by atoms with Crippen molar-refractivity contribution in [2.24, 2.45) is 0 Å². The summed E-state index contributed by atoms with van der Waals surface area (Å²) in [5, 5.41) is 0. The first-order valence-electron chi connectivity index (χ1n) is 3.35. The topological polar surface area (TPSA) is 35.5 Å². The molecule has 1 aromatic carbocycles. The van der Waals surface area contributed by atoms with Gasteiger partial charge in [-0.05, 0) is 12.1 Å². The van der Waals surface area contributed by atoms with E-state index in [0.717, 1.165) is 0 Å². The van der Waals surface area contributed by atoms with Gasteiger partial charge < -0.3 is 9.26 Å². The third-order valence-corrected chi connectivity index (χ3v) is 2.55. The van der Waals surface area contributed by atoms with Crippen LogP contribution >= 0.6 is 35.8 Å². The fourth-order valence-corrected chi connectivity index (χ4v) is 2.12. The summed E-state index contributed by atoms with van der Waals surface area (Å²) >= 11 is 5.75. The van der Waals surface area contributed by atoms with Crippen molar-refractivity contribution in [3.05, 3.63) is 24.3 Å². The molecular weight excluding hydrogens is 323 g/mol. The highest BCUT2D eigenvalue weighted by Crippen LogP contribution is 2.62. The average Bonchev–Trinajstić information content (AvgIpc) is 2.02. The summed E-state index contributed by atoms with van der Waals surface area (Å²) in [5.41, 5.74) is 0. The van der Waals surface area contributed by atoms with Crippen LogP contribution in [0.3, 0.4) is 0 Å². The molecule has 0 N–H and O–H groups in total. The standard InChI is InChI=1S/C7H7Br2O3P/c1-11-6-4-2-3-5-7(6)12-13(8,9)10/h2-5H,1H3. The fourth-order valence-electron chi connectivity index (χ4n) is 0.809. The summed E-state index contributed by atoms with van der Waals surface area (Å²) in [4.78, 5) is 0. The number of rotatable bonds is 3. The van der Waals surface area contributed by atoms with Crippen LogP contribution in [0.4, 0.5) is 0 Å². The molecule has 0 bridgehead atoms. The Hall–Kier alpha value is 0.01000. The number of methoxy groups -OCH3 is 1. The van der Waals surface area contributed by atoms with Crippen molar-refractivity contribution in [3.8, 4) is 11.5 Å². The van der Waals surface area contributed by atoms with Crippen LogP contribution in [0.25, 0.3) is 0 Å². The van der Waals surface area contributed by atoms with Crippen molar-refractivity contribution in [3.63, 3.8) is 0 Å². The minimum atomic E-state index is -2.88. The van der Waals surface area contributed by atoms with Gasteiger partial charge in [-0.2, -0.15) is 0 Å². The maximum absolute atomic E-state index is 11.2. The molecule has 0 aromatic heterocycles. The maximum Gasteiger partial charge on any atom is 0.374 e. The van der Waals surface area contributed by atoms with Gasteiger partial charge in [0, 0.05) is 31.0 Å². The lowest BCUT2D eigenvalue weighted by atomic mass is 10.3. The van der Waals surface area contributed by atoms with Gasteiger partial charge in [0.05, 0.1) is 7.11 Å². The molecule has 0 aliphatic rings. The zero-order valence-electron chi connectivity index (χ0n) is 6.74. The first-order chi connectivity index (χ1) is 6.03. The number of ether oxygens (including phenoxy) is 1. The molecule has 0 atom stereocenters. The average molecular weight is 330 g/mol. The highest BCUT2D eigenvalue weighted by molar-refractivity contribution is 9.70. The third-order valence-electron chi connectivity index (χ3n) is 1.27.